The van der Waals surface area contributed by atoms with Crippen LogP contribution >= 0.6 is 0 Å². The number of carbonyl (C=O) groups excluding carboxylic acids is 2. The number of carbonyl (C=O) groups is 2. The fraction of sp³-hybridized carbons (Fsp3) is 0. The summed E-state index contributed by atoms with van der Waals surface area (Å²) in [6.45, 7) is 0. The lowest BCUT2D eigenvalue weighted by Gasteiger charge is -1.99. The van der Waals surface area contributed by atoms with Gasteiger partial charge in [-0.15, -0.1) is 0 Å². The third-order valence-electron chi connectivity index (χ3n) is 2.54. The van der Waals surface area contributed by atoms with Crippen LogP contribution in [0.15, 0.2) is 36.4 Å². The van der Waals surface area contributed by atoms with Crippen molar-refractivity contribution in [2.45, 2.75) is 0 Å². The Morgan fingerprint density at radius 1 is 0.867 bits per heavy atom. The molecule has 0 radical (unpaired) electrons. The summed E-state index contributed by atoms with van der Waals surface area (Å²) < 4.78 is 4.56. The second-order valence-corrected chi connectivity index (χ2v) is 3.39. The van der Waals surface area contributed by atoms with Crippen LogP contribution < -0.4 is 0 Å². The Morgan fingerprint density at radius 3 is 2.53 bits per heavy atom. The van der Waals surface area contributed by atoms with E-state index < -0.39 is 11.9 Å². The Morgan fingerprint density at radius 2 is 1.67 bits per heavy atom. The molecule has 3 heteroatoms. The van der Waals surface area contributed by atoms with Crippen LogP contribution in [0.25, 0.3) is 10.8 Å². The molecule has 3 rings (SSSR count). The van der Waals surface area contributed by atoms with Crippen LogP contribution in [0.4, 0.5) is 0 Å². The largest absolute Gasteiger partial charge is 0.386 e. The summed E-state index contributed by atoms with van der Waals surface area (Å²) >= 11 is 0. The fourth-order valence-electron chi connectivity index (χ4n) is 1.85. The predicted molar refractivity (Wildman–Crippen MR) is 53.7 cm³/mol. The first-order valence-electron chi connectivity index (χ1n) is 4.55. The van der Waals surface area contributed by atoms with Crippen LogP contribution in [0.5, 0.6) is 0 Å². The first kappa shape index (κ1) is 8.17. The van der Waals surface area contributed by atoms with Crippen molar-refractivity contribution in [2.75, 3.05) is 0 Å². The molecule has 0 N–H and O–H groups in total. The molecule has 0 fully saturated rings. The van der Waals surface area contributed by atoms with Crippen molar-refractivity contribution in [1.29, 1.82) is 0 Å². The maximum atomic E-state index is 11.4. The van der Waals surface area contributed by atoms with Gasteiger partial charge in [-0.3, -0.25) is 0 Å². The third kappa shape index (κ3) is 1.00. The van der Waals surface area contributed by atoms with Gasteiger partial charge in [-0.2, -0.15) is 0 Å². The van der Waals surface area contributed by atoms with Gasteiger partial charge in [-0.05, 0) is 16.8 Å². The Balaban J connectivity index is 2.49. The molecule has 72 valence electrons. The van der Waals surface area contributed by atoms with Gasteiger partial charge in [-0.1, -0.05) is 30.3 Å². The Labute approximate surface area is 85.3 Å². The lowest BCUT2D eigenvalue weighted by Crippen LogP contribution is -1.97. The van der Waals surface area contributed by atoms with Crippen molar-refractivity contribution >= 4 is 22.7 Å². The van der Waals surface area contributed by atoms with Gasteiger partial charge in [0.05, 0.1) is 11.1 Å². The van der Waals surface area contributed by atoms with Crippen LogP contribution in [-0.2, 0) is 4.74 Å². The molecule has 2 aromatic carbocycles. The van der Waals surface area contributed by atoms with Crippen LogP contribution in [0.2, 0.25) is 0 Å². The zero-order valence-corrected chi connectivity index (χ0v) is 7.69. The van der Waals surface area contributed by atoms with E-state index in [1.807, 2.05) is 30.3 Å². The predicted octanol–water partition coefficient (Wildman–Crippen LogP) is 2.15. The first-order valence-corrected chi connectivity index (χ1v) is 4.55. The van der Waals surface area contributed by atoms with E-state index in [4.69, 9.17) is 0 Å². The van der Waals surface area contributed by atoms with Crippen molar-refractivity contribution in [3.05, 3.63) is 47.5 Å². The molecule has 0 unspecified atom stereocenters. The van der Waals surface area contributed by atoms with Crippen LogP contribution in [-0.4, -0.2) is 11.9 Å². The second-order valence-electron chi connectivity index (χ2n) is 3.39. The summed E-state index contributed by atoms with van der Waals surface area (Å²) in [5, 5.41) is 1.70. The number of hydrogen-bond acceptors (Lipinski definition) is 3. The molecule has 0 amide bonds. The zero-order valence-electron chi connectivity index (χ0n) is 7.69. The molecule has 15 heavy (non-hydrogen) atoms. The molecular formula is C12H6O3. The summed E-state index contributed by atoms with van der Waals surface area (Å²) in [6.07, 6.45) is 0. The minimum atomic E-state index is -0.555. The van der Waals surface area contributed by atoms with Crippen molar-refractivity contribution in [2.24, 2.45) is 0 Å². The zero-order chi connectivity index (χ0) is 10.4. The molecule has 0 aromatic heterocycles. The minimum absolute atomic E-state index is 0.360. The third-order valence-corrected chi connectivity index (χ3v) is 2.54. The molecular weight excluding hydrogens is 192 g/mol. The van der Waals surface area contributed by atoms with Gasteiger partial charge >= 0.3 is 11.9 Å². The number of fused-ring (bicyclic) bond motifs is 3. The summed E-state index contributed by atoms with van der Waals surface area (Å²) in [5.41, 5.74) is 0.747. The SMILES string of the molecule is O=C1OC(=O)c2c1ccc1ccccc21. The number of benzene rings is 2. The quantitative estimate of drug-likeness (QED) is 0.481. The van der Waals surface area contributed by atoms with Gasteiger partial charge < -0.3 is 4.74 Å². The van der Waals surface area contributed by atoms with E-state index in [1.54, 1.807) is 6.07 Å². The van der Waals surface area contributed by atoms with E-state index >= 15 is 0 Å². The lowest BCUT2D eigenvalue weighted by molar-refractivity contribution is 0.0444. The van der Waals surface area contributed by atoms with Gasteiger partial charge in [0.25, 0.3) is 0 Å². The van der Waals surface area contributed by atoms with Crippen molar-refractivity contribution in [3.63, 3.8) is 0 Å². The van der Waals surface area contributed by atoms with Crippen LogP contribution in [0.3, 0.4) is 0 Å². The average molecular weight is 198 g/mol. The summed E-state index contributed by atoms with van der Waals surface area (Å²) in [6, 6.07) is 10.9. The normalized spacial score (nSPS) is 14.1. The van der Waals surface area contributed by atoms with Crippen molar-refractivity contribution in [3.8, 4) is 0 Å². The fourth-order valence-corrected chi connectivity index (χ4v) is 1.85. The van der Waals surface area contributed by atoms with Crippen LogP contribution in [0.1, 0.15) is 20.7 Å². The number of hydrogen-bond donors (Lipinski definition) is 0. The molecule has 1 aliphatic rings. The van der Waals surface area contributed by atoms with E-state index in [-0.39, 0.29) is 0 Å². The summed E-state index contributed by atoms with van der Waals surface area (Å²) in [5.74, 6) is -1.10. The maximum absolute atomic E-state index is 11.4. The van der Waals surface area contributed by atoms with E-state index in [0.29, 0.717) is 11.1 Å². The second kappa shape index (κ2) is 2.67. The van der Waals surface area contributed by atoms with Crippen molar-refractivity contribution < 1.29 is 14.3 Å². The molecule has 0 atom stereocenters. The lowest BCUT2D eigenvalue weighted by atomic mass is 10.0. The van der Waals surface area contributed by atoms with Gasteiger partial charge in [0.1, 0.15) is 0 Å². The highest BCUT2D eigenvalue weighted by Gasteiger charge is 2.30. The highest BCUT2D eigenvalue weighted by Crippen LogP contribution is 2.28. The topological polar surface area (TPSA) is 43.4 Å². The highest BCUT2D eigenvalue weighted by atomic mass is 16.6. The first-order chi connectivity index (χ1) is 7.27. The van der Waals surface area contributed by atoms with E-state index in [2.05, 4.69) is 4.74 Å². The van der Waals surface area contributed by atoms with E-state index in [1.165, 1.54) is 0 Å². The Kier molecular flexibility index (Phi) is 1.45. The van der Waals surface area contributed by atoms with Crippen molar-refractivity contribution in [1.82, 2.24) is 0 Å². The molecule has 3 nitrogen and oxygen atoms in total. The molecule has 0 bridgehead atoms. The maximum Gasteiger partial charge on any atom is 0.347 e. The van der Waals surface area contributed by atoms with Crippen LogP contribution in [0, 0.1) is 0 Å². The molecule has 0 saturated carbocycles. The smallest absolute Gasteiger partial charge is 0.347 e. The van der Waals surface area contributed by atoms with Gasteiger partial charge in [0.2, 0.25) is 0 Å². The number of cyclic esters (lactones) is 2. The van der Waals surface area contributed by atoms with E-state index in [9.17, 15) is 9.59 Å². The summed E-state index contributed by atoms with van der Waals surface area (Å²) in [7, 11) is 0. The molecule has 0 spiro atoms. The average Bonchev–Trinajstić information content (AvgIpc) is 2.55. The monoisotopic (exact) mass is 198 g/mol. The highest BCUT2D eigenvalue weighted by molar-refractivity contribution is 6.21. The number of ether oxygens (including phenoxy) is 1. The number of esters is 2. The molecule has 0 aliphatic carbocycles. The van der Waals surface area contributed by atoms with Gasteiger partial charge in [0, 0.05) is 0 Å². The van der Waals surface area contributed by atoms with Gasteiger partial charge in [0.15, 0.2) is 0 Å². The number of rotatable bonds is 0. The molecule has 0 saturated heterocycles. The Bertz CT molecular complexity index is 599. The molecule has 2 aromatic rings. The summed E-state index contributed by atoms with van der Waals surface area (Å²) in [4.78, 5) is 22.7. The minimum Gasteiger partial charge on any atom is -0.386 e. The molecule has 1 aliphatic heterocycles. The molecule has 1 heterocycles. The standard InChI is InChI=1S/C12H6O3/c13-11-9-6-5-7-3-1-2-4-8(7)10(9)12(14)15-11/h1-6H. The Hall–Kier alpha value is -2.16. The van der Waals surface area contributed by atoms with Gasteiger partial charge in [-0.25, -0.2) is 9.59 Å². The van der Waals surface area contributed by atoms with E-state index in [0.717, 1.165) is 10.8 Å².